The zero-order chi connectivity index (χ0) is 23.7. The van der Waals surface area contributed by atoms with Gasteiger partial charge >= 0.3 is 0 Å². The van der Waals surface area contributed by atoms with Gasteiger partial charge in [0, 0.05) is 29.5 Å². The third-order valence-electron chi connectivity index (χ3n) is 6.44. The number of anilines is 1. The Morgan fingerprint density at radius 2 is 1.88 bits per heavy atom. The summed E-state index contributed by atoms with van der Waals surface area (Å²) in [5.74, 6) is 3.53. The van der Waals surface area contributed by atoms with E-state index < -0.39 is 0 Å². The largest absolute Gasteiger partial charge is 0.497 e. The van der Waals surface area contributed by atoms with Crippen molar-refractivity contribution in [2.24, 2.45) is 0 Å². The third-order valence-corrected chi connectivity index (χ3v) is 6.44. The first-order chi connectivity index (χ1) is 16.6. The normalized spacial score (nSPS) is 18.2. The lowest BCUT2D eigenvalue weighted by atomic mass is 9.87. The number of nitrogens with zero attached hydrogens (tertiary/aromatic N) is 4. The van der Waals surface area contributed by atoms with E-state index in [1.165, 1.54) is 0 Å². The number of aliphatic hydroxyl groups is 1. The zero-order valence-corrected chi connectivity index (χ0v) is 19.6. The molecule has 0 spiro atoms. The fourth-order valence-corrected chi connectivity index (χ4v) is 4.64. The number of hydrogen-bond donors (Lipinski definition) is 2. The van der Waals surface area contributed by atoms with E-state index in [1.807, 2.05) is 36.4 Å². The Morgan fingerprint density at radius 3 is 2.65 bits per heavy atom. The molecule has 0 saturated heterocycles. The summed E-state index contributed by atoms with van der Waals surface area (Å²) in [7, 11) is 4.90. The lowest BCUT2D eigenvalue weighted by molar-refractivity contribution is 0.118. The third kappa shape index (κ3) is 4.07. The van der Waals surface area contributed by atoms with Crippen LogP contribution in [0.5, 0.6) is 17.2 Å². The first-order valence-corrected chi connectivity index (χ1v) is 11.5. The van der Waals surface area contributed by atoms with Gasteiger partial charge in [-0.1, -0.05) is 12.5 Å². The van der Waals surface area contributed by atoms with Gasteiger partial charge in [-0.15, -0.1) is 5.10 Å². The second-order valence-electron chi connectivity index (χ2n) is 8.55. The summed E-state index contributed by atoms with van der Waals surface area (Å²) in [6, 6.07) is 11.5. The Labute approximate surface area is 197 Å². The van der Waals surface area contributed by atoms with Gasteiger partial charge in [0.25, 0.3) is 0 Å². The number of para-hydroxylation sites is 1. The van der Waals surface area contributed by atoms with Crippen LogP contribution < -0.4 is 19.5 Å². The number of aromatic nitrogens is 4. The number of hydrogen-bond acceptors (Lipinski definition) is 8. The van der Waals surface area contributed by atoms with Crippen LogP contribution in [0.3, 0.4) is 0 Å². The van der Waals surface area contributed by atoms with Crippen LogP contribution in [0.4, 0.5) is 5.95 Å². The van der Waals surface area contributed by atoms with E-state index in [4.69, 9.17) is 29.3 Å². The molecule has 4 aromatic rings. The number of ether oxygens (including phenoxy) is 3. The van der Waals surface area contributed by atoms with Crippen molar-refractivity contribution < 1.29 is 19.3 Å². The summed E-state index contributed by atoms with van der Waals surface area (Å²) in [5, 5.41) is 19.3. The fourth-order valence-electron chi connectivity index (χ4n) is 4.64. The number of fused-ring (bicyclic) bond motifs is 3. The van der Waals surface area contributed by atoms with Crippen molar-refractivity contribution in [2.45, 2.75) is 44.2 Å². The highest BCUT2D eigenvalue weighted by atomic mass is 16.5. The molecule has 2 N–H and O–H groups in total. The topological polar surface area (TPSA) is 103 Å². The summed E-state index contributed by atoms with van der Waals surface area (Å²) in [6.45, 7) is 0.466. The van der Waals surface area contributed by atoms with E-state index in [0.717, 1.165) is 47.5 Å². The van der Waals surface area contributed by atoms with Crippen LogP contribution in [0, 0.1) is 0 Å². The number of benzene rings is 2. The van der Waals surface area contributed by atoms with Crippen molar-refractivity contribution >= 4 is 22.5 Å². The van der Waals surface area contributed by atoms with E-state index in [1.54, 1.807) is 25.8 Å². The molecule has 9 nitrogen and oxygen atoms in total. The molecule has 0 aliphatic heterocycles. The van der Waals surface area contributed by atoms with Crippen molar-refractivity contribution in [3.8, 4) is 17.2 Å². The molecule has 178 valence electrons. The van der Waals surface area contributed by atoms with Crippen LogP contribution in [-0.4, -0.2) is 52.1 Å². The molecule has 0 bridgehead atoms. The van der Waals surface area contributed by atoms with Crippen molar-refractivity contribution in [1.29, 1.82) is 0 Å². The number of methoxy groups -OCH3 is 3. The molecule has 1 aliphatic carbocycles. The van der Waals surface area contributed by atoms with Crippen LogP contribution >= 0.6 is 0 Å². The van der Waals surface area contributed by atoms with Crippen LogP contribution in [0.2, 0.25) is 0 Å². The molecule has 34 heavy (non-hydrogen) atoms. The van der Waals surface area contributed by atoms with Gasteiger partial charge in [0.05, 0.1) is 27.4 Å². The summed E-state index contributed by atoms with van der Waals surface area (Å²) in [6.07, 6.45) is 3.14. The highest BCUT2D eigenvalue weighted by Gasteiger charge is 2.26. The van der Waals surface area contributed by atoms with Gasteiger partial charge < -0.3 is 24.6 Å². The van der Waals surface area contributed by atoms with Gasteiger partial charge in [0.2, 0.25) is 5.95 Å². The maximum Gasteiger partial charge on any atom is 0.226 e. The molecule has 2 aromatic carbocycles. The van der Waals surface area contributed by atoms with Gasteiger partial charge in [-0.3, -0.25) is 0 Å². The fraction of sp³-hybridized carbons (Fsp3) is 0.400. The van der Waals surface area contributed by atoms with Gasteiger partial charge in [-0.25, -0.2) is 9.97 Å². The molecule has 2 heterocycles. The number of nitrogens with one attached hydrogen (secondary N) is 1. The van der Waals surface area contributed by atoms with Crippen molar-refractivity contribution in [2.75, 3.05) is 26.6 Å². The van der Waals surface area contributed by atoms with Gasteiger partial charge in [0.1, 0.15) is 22.8 Å². The van der Waals surface area contributed by atoms with E-state index >= 15 is 0 Å². The van der Waals surface area contributed by atoms with E-state index in [-0.39, 0.29) is 12.0 Å². The average molecular weight is 464 g/mol. The molecule has 1 aliphatic rings. The monoisotopic (exact) mass is 463 g/mol. The van der Waals surface area contributed by atoms with Crippen LogP contribution in [0.1, 0.15) is 43.0 Å². The minimum absolute atomic E-state index is 0.124. The van der Waals surface area contributed by atoms with Crippen molar-refractivity contribution in [1.82, 2.24) is 19.6 Å². The Balaban J connectivity index is 1.58. The Morgan fingerprint density at radius 1 is 1.03 bits per heavy atom. The maximum absolute atomic E-state index is 10.2. The van der Waals surface area contributed by atoms with Crippen LogP contribution in [0.25, 0.3) is 16.6 Å². The first-order valence-electron chi connectivity index (χ1n) is 11.5. The Bertz CT molecular complexity index is 1320. The van der Waals surface area contributed by atoms with Gasteiger partial charge in [-0.05, 0) is 43.5 Å². The highest BCUT2D eigenvalue weighted by Crippen LogP contribution is 2.34. The average Bonchev–Trinajstić information content (AvgIpc) is 3.33. The Hall–Kier alpha value is -3.59. The van der Waals surface area contributed by atoms with E-state index in [9.17, 15) is 5.11 Å². The first kappa shape index (κ1) is 22.2. The quantitative estimate of drug-likeness (QED) is 0.425. The summed E-state index contributed by atoms with van der Waals surface area (Å²) in [5.41, 5.74) is 2.38. The lowest BCUT2D eigenvalue weighted by Gasteiger charge is -2.23. The predicted octanol–water partition coefficient (Wildman–Crippen LogP) is 3.93. The minimum Gasteiger partial charge on any atom is -0.497 e. The zero-order valence-electron chi connectivity index (χ0n) is 19.6. The summed E-state index contributed by atoms with van der Waals surface area (Å²) >= 11 is 0. The van der Waals surface area contributed by atoms with Crippen molar-refractivity contribution in [3.63, 3.8) is 0 Å². The SMILES string of the molecule is COc1ccc(CNc2nc3c(OC)cccc3c3nc(C4CCCC(O)C4)nn23)c(OC)c1. The predicted molar refractivity (Wildman–Crippen MR) is 129 cm³/mol. The molecule has 0 radical (unpaired) electrons. The van der Waals surface area contributed by atoms with Gasteiger partial charge in [-0.2, -0.15) is 4.52 Å². The van der Waals surface area contributed by atoms with Gasteiger partial charge in [0.15, 0.2) is 11.5 Å². The highest BCUT2D eigenvalue weighted by molar-refractivity contribution is 5.96. The van der Waals surface area contributed by atoms with Crippen LogP contribution in [-0.2, 0) is 6.54 Å². The van der Waals surface area contributed by atoms with Crippen molar-refractivity contribution in [3.05, 3.63) is 47.8 Å². The molecule has 5 rings (SSSR count). The molecular formula is C25H29N5O4. The molecule has 2 aromatic heterocycles. The second kappa shape index (κ2) is 9.34. The minimum atomic E-state index is -0.305. The van der Waals surface area contributed by atoms with E-state index in [0.29, 0.717) is 35.8 Å². The molecular weight excluding hydrogens is 434 g/mol. The molecule has 1 saturated carbocycles. The molecule has 0 amide bonds. The molecule has 1 fully saturated rings. The summed E-state index contributed by atoms with van der Waals surface area (Å²) in [4.78, 5) is 9.77. The smallest absolute Gasteiger partial charge is 0.226 e. The number of aliphatic hydroxyl groups excluding tert-OH is 1. The summed E-state index contributed by atoms with van der Waals surface area (Å²) < 4.78 is 18.2. The van der Waals surface area contributed by atoms with Crippen LogP contribution in [0.15, 0.2) is 36.4 Å². The second-order valence-corrected chi connectivity index (χ2v) is 8.55. The Kier molecular flexibility index (Phi) is 6.10. The standard InChI is InChI=1S/C25H29N5O4/c1-32-18-11-10-16(21(13-18)34-3)14-26-25-27-22-19(8-5-9-20(22)33-2)24-28-23(29-30(24)25)15-6-4-7-17(31)12-15/h5,8-11,13,15,17,31H,4,6-7,12,14H2,1-3H3,(H,26,27). The molecule has 2 atom stereocenters. The lowest BCUT2D eigenvalue weighted by Crippen LogP contribution is -2.19. The molecule has 9 heteroatoms. The maximum atomic E-state index is 10.2. The molecule has 2 unspecified atom stereocenters. The van der Waals surface area contributed by atoms with E-state index in [2.05, 4.69) is 5.32 Å². The number of rotatable bonds is 7.